The average molecular weight is 575 g/mol. The Morgan fingerprint density at radius 1 is 0.897 bits per heavy atom. The Balaban J connectivity index is 1.36. The SMILES string of the molecule is O=c1c2ccccc2nc(-c2cc3cc(Cl)ccc3o2)n1N=Cc1cccc(OCc2ccc(Cl)cc2Cl)c1. The molecule has 0 fully saturated rings. The monoisotopic (exact) mass is 573 g/mol. The van der Waals surface area contributed by atoms with Crippen molar-refractivity contribution in [3.05, 3.63) is 128 Å². The average Bonchev–Trinajstić information content (AvgIpc) is 3.35. The minimum atomic E-state index is -0.324. The molecule has 0 aliphatic rings. The molecule has 0 saturated heterocycles. The number of rotatable bonds is 6. The van der Waals surface area contributed by atoms with E-state index < -0.39 is 0 Å². The summed E-state index contributed by atoms with van der Waals surface area (Å²) in [6.07, 6.45) is 1.57. The van der Waals surface area contributed by atoms with Gasteiger partial charge in [0.1, 0.15) is 17.9 Å². The van der Waals surface area contributed by atoms with Gasteiger partial charge in [0.15, 0.2) is 5.76 Å². The predicted octanol–water partition coefficient (Wildman–Crippen LogP) is 8.23. The van der Waals surface area contributed by atoms with Crippen LogP contribution >= 0.6 is 34.8 Å². The van der Waals surface area contributed by atoms with E-state index in [9.17, 15) is 4.79 Å². The summed E-state index contributed by atoms with van der Waals surface area (Å²) in [5.74, 6) is 1.28. The highest BCUT2D eigenvalue weighted by Crippen LogP contribution is 2.29. The zero-order valence-corrected chi connectivity index (χ0v) is 22.4. The number of nitrogens with zero attached hydrogens (tertiary/aromatic N) is 3. The lowest BCUT2D eigenvalue weighted by molar-refractivity contribution is 0.306. The largest absolute Gasteiger partial charge is 0.489 e. The van der Waals surface area contributed by atoms with E-state index in [2.05, 4.69) is 5.10 Å². The molecule has 192 valence electrons. The second kappa shape index (κ2) is 10.6. The lowest BCUT2D eigenvalue weighted by atomic mass is 10.2. The van der Waals surface area contributed by atoms with Crippen molar-refractivity contribution in [2.75, 3.05) is 0 Å². The highest BCUT2D eigenvalue weighted by molar-refractivity contribution is 6.35. The van der Waals surface area contributed by atoms with Gasteiger partial charge >= 0.3 is 0 Å². The molecule has 0 aliphatic carbocycles. The molecule has 2 aromatic heterocycles. The van der Waals surface area contributed by atoms with Crippen LogP contribution in [0.1, 0.15) is 11.1 Å². The molecule has 0 saturated carbocycles. The van der Waals surface area contributed by atoms with Crippen LogP contribution in [0.25, 0.3) is 33.5 Å². The Morgan fingerprint density at radius 2 is 1.72 bits per heavy atom. The van der Waals surface area contributed by atoms with Gasteiger partial charge in [0.2, 0.25) is 5.82 Å². The predicted molar refractivity (Wildman–Crippen MR) is 156 cm³/mol. The van der Waals surface area contributed by atoms with Crippen LogP contribution in [-0.2, 0) is 6.61 Å². The van der Waals surface area contributed by atoms with Crippen LogP contribution in [0.15, 0.2) is 105 Å². The number of para-hydroxylation sites is 1. The fraction of sp³-hybridized carbons (Fsp3) is 0.0333. The second-order valence-electron chi connectivity index (χ2n) is 8.70. The van der Waals surface area contributed by atoms with Crippen molar-refractivity contribution in [3.8, 4) is 17.3 Å². The third-order valence-electron chi connectivity index (χ3n) is 6.04. The molecule has 6 nitrogen and oxygen atoms in total. The smallest absolute Gasteiger partial charge is 0.282 e. The van der Waals surface area contributed by atoms with Gasteiger partial charge in [-0.05, 0) is 66.2 Å². The van der Waals surface area contributed by atoms with E-state index in [1.54, 1.807) is 60.8 Å². The maximum Gasteiger partial charge on any atom is 0.282 e. The number of benzene rings is 4. The number of hydrogen-bond acceptors (Lipinski definition) is 5. The van der Waals surface area contributed by atoms with E-state index in [-0.39, 0.29) is 18.0 Å². The van der Waals surface area contributed by atoms with Gasteiger partial charge in [-0.25, -0.2) is 4.98 Å². The zero-order valence-electron chi connectivity index (χ0n) is 20.1. The van der Waals surface area contributed by atoms with Crippen LogP contribution in [0, 0.1) is 0 Å². The van der Waals surface area contributed by atoms with Crippen molar-refractivity contribution in [1.29, 1.82) is 0 Å². The van der Waals surface area contributed by atoms with Crippen LogP contribution in [0.4, 0.5) is 0 Å². The summed E-state index contributed by atoms with van der Waals surface area (Å²) in [6.45, 7) is 0.269. The van der Waals surface area contributed by atoms with Gasteiger partial charge in [0.05, 0.1) is 17.1 Å². The van der Waals surface area contributed by atoms with Gasteiger partial charge < -0.3 is 9.15 Å². The topological polar surface area (TPSA) is 69.6 Å². The van der Waals surface area contributed by atoms with Gasteiger partial charge in [-0.1, -0.05) is 65.1 Å². The number of fused-ring (bicyclic) bond motifs is 2. The van der Waals surface area contributed by atoms with Crippen LogP contribution in [0.2, 0.25) is 15.1 Å². The minimum Gasteiger partial charge on any atom is -0.489 e. The van der Waals surface area contributed by atoms with Gasteiger partial charge in [0, 0.05) is 26.0 Å². The molecule has 9 heteroatoms. The normalized spacial score (nSPS) is 11.6. The Bertz CT molecular complexity index is 1950. The van der Waals surface area contributed by atoms with E-state index in [1.807, 2.05) is 36.4 Å². The molecule has 0 atom stereocenters. The van der Waals surface area contributed by atoms with Crippen molar-refractivity contribution in [1.82, 2.24) is 9.66 Å². The minimum absolute atomic E-state index is 0.269. The van der Waals surface area contributed by atoms with E-state index in [1.165, 1.54) is 4.68 Å². The number of halogens is 3. The quantitative estimate of drug-likeness (QED) is 0.188. The summed E-state index contributed by atoms with van der Waals surface area (Å²) in [5.41, 5.74) is 2.37. The number of ether oxygens (including phenoxy) is 1. The fourth-order valence-electron chi connectivity index (χ4n) is 4.12. The van der Waals surface area contributed by atoms with Crippen LogP contribution in [0.3, 0.4) is 0 Å². The summed E-state index contributed by atoms with van der Waals surface area (Å²) < 4.78 is 13.2. The van der Waals surface area contributed by atoms with E-state index in [0.29, 0.717) is 43.1 Å². The first-order valence-corrected chi connectivity index (χ1v) is 13.0. The zero-order chi connectivity index (χ0) is 26.9. The maximum absolute atomic E-state index is 13.5. The molecule has 0 bridgehead atoms. The van der Waals surface area contributed by atoms with Crippen molar-refractivity contribution in [2.45, 2.75) is 6.61 Å². The van der Waals surface area contributed by atoms with Crippen LogP contribution in [-0.4, -0.2) is 15.9 Å². The van der Waals surface area contributed by atoms with Crippen LogP contribution < -0.4 is 10.3 Å². The molecule has 0 N–H and O–H groups in total. The van der Waals surface area contributed by atoms with Crippen molar-refractivity contribution >= 4 is 62.9 Å². The number of hydrogen-bond donors (Lipinski definition) is 0. The highest BCUT2D eigenvalue weighted by Gasteiger charge is 2.16. The summed E-state index contributed by atoms with van der Waals surface area (Å²) >= 11 is 18.4. The molecule has 0 unspecified atom stereocenters. The van der Waals surface area contributed by atoms with E-state index >= 15 is 0 Å². The van der Waals surface area contributed by atoms with Crippen LogP contribution in [0.5, 0.6) is 5.75 Å². The first-order valence-electron chi connectivity index (χ1n) is 11.9. The van der Waals surface area contributed by atoms with Crippen molar-refractivity contribution in [2.24, 2.45) is 5.10 Å². The third kappa shape index (κ3) is 5.27. The summed E-state index contributed by atoms with van der Waals surface area (Å²) in [7, 11) is 0. The van der Waals surface area contributed by atoms with Crippen molar-refractivity contribution < 1.29 is 9.15 Å². The molecule has 0 spiro atoms. The highest BCUT2D eigenvalue weighted by atomic mass is 35.5. The molecule has 39 heavy (non-hydrogen) atoms. The molecule has 0 amide bonds. The number of aromatic nitrogens is 2. The lowest BCUT2D eigenvalue weighted by Crippen LogP contribution is -2.20. The molecular formula is C30H18Cl3N3O3. The second-order valence-corrected chi connectivity index (χ2v) is 9.98. The summed E-state index contributed by atoms with van der Waals surface area (Å²) in [5, 5.41) is 7.42. The molecule has 0 aliphatic heterocycles. The summed E-state index contributed by atoms with van der Waals surface area (Å²) in [6, 6.07) is 26.8. The Kier molecular flexibility index (Phi) is 6.83. The fourth-order valence-corrected chi connectivity index (χ4v) is 4.77. The standard InChI is InChI=1S/C30H18Cl3N3O3/c31-21-10-11-27-20(13-21)14-28(39-27)29-35-26-7-2-1-6-24(26)30(37)36(29)34-16-18-4-3-5-23(12-18)38-17-19-8-9-22(32)15-25(19)33/h1-16H,17H2. The lowest BCUT2D eigenvalue weighted by Gasteiger charge is -2.09. The van der Waals surface area contributed by atoms with Gasteiger partial charge in [-0.2, -0.15) is 9.78 Å². The third-order valence-corrected chi connectivity index (χ3v) is 6.86. The molecule has 4 aromatic carbocycles. The first-order chi connectivity index (χ1) is 18.9. The maximum atomic E-state index is 13.5. The van der Waals surface area contributed by atoms with Gasteiger partial charge in [-0.15, -0.1) is 0 Å². The van der Waals surface area contributed by atoms with Gasteiger partial charge in [-0.3, -0.25) is 4.79 Å². The molecule has 6 rings (SSSR count). The van der Waals surface area contributed by atoms with E-state index in [4.69, 9.17) is 48.9 Å². The molecule has 2 heterocycles. The van der Waals surface area contributed by atoms with E-state index in [0.717, 1.165) is 16.5 Å². The van der Waals surface area contributed by atoms with Crippen molar-refractivity contribution in [3.63, 3.8) is 0 Å². The molecular weight excluding hydrogens is 557 g/mol. The summed E-state index contributed by atoms with van der Waals surface area (Å²) in [4.78, 5) is 18.2. The Labute approximate surface area is 237 Å². The first kappa shape index (κ1) is 25.2. The number of furan rings is 1. The molecule has 6 aromatic rings. The molecule has 0 radical (unpaired) electrons. The van der Waals surface area contributed by atoms with Gasteiger partial charge in [0.25, 0.3) is 5.56 Å². The Hall–Kier alpha value is -4.10. The Morgan fingerprint density at radius 3 is 2.59 bits per heavy atom.